The molecule has 0 aliphatic rings. The molecule has 0 spiro atoms. The highest BCUT2D eigenvalue weighted by atomic mass is 31.2. The average Bonchev–Trinajstić information content (AvgIpc) is 2.15. The van der Waals surface area contributed by atoms with E-state index in [1.165, 1.54) is 14.2 Å². The molecule has 0 heterocycles. The van der Waals surface area contributed by atoms with E-state index in [0.717, 1.165) is 0 Å². The standard InChI is InChI=1S/C8H18NO4P/c1-7(9-10)6-8(2,3)14(11,12-4)13-5/h10H,6H2,1-5H3. The Labute approximate surface area is 84.6 Å². The lowest BCUT2D eigenvalue weighted by Gasteiger charge is -2.30. The summed E-state index contributed by atoms with van der Waals surface area (Å²) in [6.07, 6.45) is 0.350. The summed E-state index contributed by atoms with van der Waals surface area (Å²) in [7, 11) is -0.454. The van der Waals surface area contributed by atoms with Gasteiger partial charge in [-0.3, -0.25) is 4.57 Å². The Morgan fingerprint density at radius 1 is 1.43 bits per heavy atom. The third-order valence-electron chi connectivity index (χ3n) is 2.08. The van der Waals surface area contributed by atoms with Gasteiger partial charge in [-0.05, 0) is 20.8 Å². The first-order chi connectivity index (χ1) is 6.33. The van der Waals surface area contributed by atoms with Gasteiger partial charge in [0, 0.05) is 20.6 Å². The van der Waals surface area contributed by atoms with Crippen LogP contribution in [0.25, 0.3) is 0 Å². The number of oxime groups is 1. The Hall–Kier alpha value is -0.380. The van der Waals surface area contributed by atoms with Crippen LogP contribution in [-0.2, 0) is 13.6 Å². The summed E-state index contributed by atoms with van der Waals surface area (Å²) in [5, 5.41) is 10.9. The van der Waals surface area contributed by atoms with Crippen molar-refractivity contribution in [2.75, 3.05) is 14.2 Å². The molecule has 0 atom stereocenters. The van der Waals surface area contributed by atoms with Crippen LogP contribution in [0.4, 0.5) is 0 Å². The van der Waals surface area contributed by atoms with Crippen molar-refractivity contribution < 1.29 is 18.8 Å². The fraction of sp³-hybridized carbons (Fsp3) is 0.875. The van der Waals surface area contributed by atoms with Crippen LogP contribution < -0.4 is 0 Å². The van der Waals surface area contributed by atoms with Gasteiger partial charge in [0.05, 0.1) is 10.9 Å². The molecular weight excluding hydrogens is 205 g/mol. The van der Waals surface area contributed by atoms with Crippen molar-refractivity contribution in [3.05, 3.63) is 0 Å². The minimum absolute atomic E-state index is 0.350. The normalized spacial score (nSPS) is 14.5. The first-order valence-electron chi connectivity index (χ1n) is 4.22. The van der Waals surface area contributed by atoms with Gasteiger partial charge in [-0.25, -0.2) is 0 Å². The fourth-order valence-corrected chi connectivity index (χ4v) is 2.89. The van der Waals surface area contributed by atoms with Crippen LogP contribution in [0.1, 0.15) is 27.2 Å². The zero-order chi connectivity index (χ0) is 11.4. The van der Waals surface area contributed by atoms with Crippen molar-refractivity contribution in [2.24, 2.45) is 5.16 Å². The minimum atomic E-state index is -3.14. The molecule has 1 N–H and O–H groups in total. The minimum Gasteiger partial charge on any atom is -0.411 e. The van der Waals surface area contributed by atoms with Crippen molar-refractivity contribution in [1.82, 2.24) is 0 Å². The number of hydrogen-bond donors (Lipinski definition) is 1. The van der Waals surface area contributed by atoms with Gasteiger partial charge in [-0.2, -0.15) is 0 Å². The van der Waals surface area contributed by atoms with Gasteiger partial charge < -0.3 is 14.3 Å². The molecule has 0 radical (unpaired) electrons. The van der Waals surface area contributed by atoms with Crippen LogP contribution in [0, 0.1) is 0 Å². The Morgan fingerprint density at radius 3 is 2.14 bits per heavy atom. The molecular formula is C8H18NO4P. The van der Waals surface area contributed by atoms with E-state index < -0.39 is 12.8 Å². The van der Waals surface area contributed by atoms with E-state index in [2.05, 4.69) is 5.16 Å². The number of hydrogen-bond acceptors (Lipinski definition) is 5. The topological polar surface area (TPSA) is 68.1 Å². The lowest BCUT2D eigenvalue weighted by atomic mass is 10.1. The van der Waals surface area contributed by atoms with Gasteiger partial charge in [-0.15, -0.1) is 0 Å². The molecule has 0 rings (SSSR count). The monoisotopic (exact) mass is 223 g/mol. The second-order valence-electron chi connectivity index (χ2n) is 3.69. The summed E-state index contributed by atoms with van der Waals surface area (Å²) in [5.74, 6) is 0. The summed E-state index contributed by atoms with van der Waals surface area (Å²) in [5.41, 5.74) is 0.490. The summed E-state index contributed by atoms with van der Waals surface area (Å²) in [4.78, 5) is 0. The van der Waals surface area contributed by atoms with E-state index in [9.17, 15) is 4.57 Å². The Morgan fingerprint density at radius 2 is 1.86 bits per heavy atom. The summed E-state index contributed by atoms with van der Waals surface area (Å²) in [6.45, 7) is 5.14. The van der Waals surface area contributed by atoms with Gasteiger partial charge in [0.25, 0.3) is 0 Å². The van der Waals surface area contributed by atoms with Crippen molar-refractivity contribution in [3.63, 3.8) is 0 Å². The van der Waals surface area contributed by atoms with Crippen LogP contribution in [0.5, 0.6) is 0 Å². The summed E-state index contributed by atoms with van der Waals surface area (Å²) >= 11 is 0. The molecule has 0 saturated carbocycles. The van der Waals surface area contributed by atoms with E-state index in [1.54, 1.807) is 20.8 Å². The van der Waals surface area contributed by atoms with E-state index in [1.807, 2.05) is 0 Å². The molecule has 0 fully saturated rings. The molecule has 5 nitrogen and oxygen atoms in total. The molecule has 0 aromatic rings. The van der Waals surface area contributed by atoms with Crippen molar-refractivity contribution >= 4 is 13.3 Å². The summed E-state index contributed by atoms with van der Waals surface area (Å²) in [6, 6.07) is 0. The molecule has 0 amide bonds. The van der Waals surface area contributed by atoms with Gasteiger partial charge in [0.15, 0.2) is 0 Å². The highest BCUT2D eigenvalue weighted by molar-refractivity contribution is 7.55. The first-order valence-corrected chi connectivity index (χ1v) is 5.76. The third-order valence-corrected chi connectivity index (χ3v) is 4.68. The highest BCUT2D eigenvalue weighted by Gasteiger charge is 2.42. The van der Waals surface area contributed by atoms with E-state index in [0.29, 0.717) is 12.1 Å². The highest BCUT2D eigenvalue weighted by Crippen LogP contribution is 2.60. The molecule has 0 aliphatic carbocycles. The Bertz CT molecular complexity index is 254. The Kier molecular flexibility index (Phi) is 4.78. The quantitative estimate of drug-likeness (QED) is 0.336. The molecule has 0 saturated heterocycles. The van der Waals surface area contributed by atoms with Crippen molar-refractivity contribution in [1.29, 1.82) is 0 Å². The molecule has 0 aromatic carbocycles. The molecule has 0 bridgehead atoms. The van der Waals surface area contributed by atoms with Crippen LogP contribution in [0.2, 0.25) is 0 Å². The van der Waals surface area contributed by atoms with Gasteiger partial charge in [0.1, 0.15) is 0 Å². The Balaban J connectivity index is 4.84. The summed E-state index contributed by atoms with van der Waals surface area (Å²) < 4.78 is 21.8. The smallest absolute Gasteiger partial charge is 0.336 e. The largest absolute Gasteiger partial charge is 0.411 e. The zero-order valence-electron chi connectivity index (χ0n) is 9.27. The number of rotatable bonds is 5. The molecule has 0 aliphatic heterocycles. The van der Waals surface area contributed by atoms with E-state index >= 15 is 0 Å². The van der Waals surface area contributed by atoms with Crippen LogP contribution in [0.3, 0.4) is 0 Å². The van der Waals surface area contributed by atoms with Gasteiger partial charge in [-0.1, -0.05) is 5.16 Å². The van der Waals surface area contributed by atoms with Crippen molar-refractivity contribution in [3.8, 4) is 0 Å². The van der Waals surface area contributed by atoms with E-state index in [4.69, 9.17) is 14.3 Å². The van der Waals surface area contributed by atoms with Gasteiger partial charge in [0.2, 0.25) is 0 Å². The molecule has 0 aromatic heterocycles. The predicted molar refractivity (Wildman–Crippen MR) is 55.2 cm³/mol. The maximum absolute atomic E-state index is 12.0. The maximum Gasteiger partial charge on any atom is 0.336 e. The van der Waals surface area contributed by atoms with Gasteiger partial charge >= 0.3 is 7.60 Å². The number of nitrogens with zero attached hydrogens (tertiary/aromatic N) is 1. The fourth-order valence-electron chi connectivity index (χ4n) is 1.33. The molecule has 84 valence electrons. The average molecular weight is 223 g/mol. The third kappa shape index (κ3) is 2.80. The lowest BCUT2D eigenvalue weighted by Crippen LogP contribution is -2.25. The van der Waals surface area contributed by atoms with Crippen LogP contribution in [-0.4, -0.2) is 30.3 Å². The predicted octanol–water partition coefficient (Wildman–Crippen LogP) is 2.49. The van der Waals surface area contributed by atoms with E-state index in [-0.39, 0.29) is 0 Å². The molecule has 6 heteroatoms. The zero-order valence-corrected chi connectivity index (χ0v) is 10.2. The van der Waals surface area contributed by atoms with Crippen molar-refractivity contribution in [2.45, 2.75) is 32.3 Å². The van der Waals surface area contributed by atoms with Crippen LogP contribution >= 0.6 is 7.60 Å². The molecule has 0 unspecified atom stereocenters. The SMILES string of the molecule is COP(=O)(OC)C(C)(C)CC(C)=NO. The molecule has 14 heavy (non-hydrogen) atoms. The lowest BCUT2D eigenvalue weighted by molar-refractivity contribution is 0.251. The maximum atomic E-state index is 12.0. The van der Waals surface area contributed by atoms with Crippen LogP contribution in [0.15, 0.2) is 5.16 Å². The second kappa shape index (κ2) is 4.91. The second-order valence-corrected chi connectivity index (χ2v) is 6.62. The first kappa shape index (κ1) is 13.6.